The van der Waals surface area contributed by atoms with Crippen LogP contribution in [0.15, 0.2) is 83.8 Å². The molecule has 3 aromatic carbocycles. The highest BCUT2D eigenvalue weighted by atomic mass is 32.2. The average Bonchev–Trinajstić information content (AvgIpc) is 2.68. The zero-order valence-corrected chi connectivity index (χ0v) is 15.3. The summed E-state index contributed by atoms with van der Waals surface area (Å²) in [5.74, 6) is -0.450. The lowest BCUT2D eigenvalue weighted by Crippen LogP contribution is -2.26. The van der Waals surface area contributed by atoms with E-state index < -0.39 is 15.9 Å². The second-order valence-corrected chi connectivity index (χ2v) is 7.81. The molecule has 0 fully saturated rings. The van der Waals surface area contributed by atoms with Gasteiger partial charge in [-0.3, -0.25) is 9.10 Å². The van der Waals surface area contributed by atoms with E-state index in [4.69, 9.17) is 0 Å². The van der Waals surface area contributed by atoms with E-state index in [1.54, 1.807) is 42.5 Å². The first-order valence-electron chi connectivity index (χ1n) is 8.12. The van der Waals surface area contributed by atoms with E-state index in [2.05, 4.69) is 5.32 Å². The maximum atomic E-state index is 12.9. The number of aromatic hydroxyl groups is 1. The molecule has 0 saturated heterocycles. The zero-order chi connectivity index (χ0) is 19.4. The van der Waals surface area contributed by atoms with E-state index in [1.165, 1.54) is 47.8 Å². The molecule has 0 aliphatic heterocycles. The Morgan fingerprint density at radius 1 is 0.926 bits per heavy atom. The number of hydrogen-bond donors (Lipinski definition) is 2. The first-order valence-corrected chi connectivity index (χ1v) is 9.56. The first-order chi connectivity index (χ1) is 12.9. The van der Waals surface area contributed by atoms with Crippen LogP contribution in [0.25, 0.3) is 0 Å². The minimum Gasteiger partial charge on any atom is -0.508 e. The molecule has 0 aliphatic rings. The molecule has 0 unspecified atom stereocenters. The molecule has 0 bridgehead atoms. The predicted octanol–water partition coefficient (Wildman–Crippen LogP) is 3.47. The molecule has 0 aromatic heterocycles. The maximum absolute atomic E-state index is 12.9. The van der Waals surface area contributed by atoms with Gasteiger partial charge in [-0.1, -0.05) is 30.3 Å². The van der Waals surface area contributed by atoms with Crippen LogP contribution >= 0.6 is 0 Å². The number of phenols is 1. The van der Waals surface area contributed by atoms with E-state index in [0.29, 0.717) is 11.4 Å². The number of nitrogens with one attached hydrogen (secondary N) is 1. The maximum Gasteiger partial charge on any atom is 0.264 e. The van der Waals surface area contributed by atoms with Crippen molar-refractivity contribution in [3.63, 3.8) is 0 Å². The predicted molar refractivity (Wildman–Crippen MR) is 105 cm³/mol. The van der Waals surface area contributed by atoms with Crippen molar-refractivity contribution in [2.24, 2.45) is 0 Å². The third-order valence-electron chi connectivity index (χ3n) is 3.98. The number of anilines is 2. The van der Waals surface area contributed by atoms with Crippen LogP contribution in [0.2, 0.25) is 0 Å². The summed E-state index contributed by atoms with van der Waals surface area (Å²) in [6.07, 6.45) is 0. The van der Waals surface area contributed by atoms with Crippen molar-refractivity contribution in [1.29, 1.82) is 0 Å². The van der Waals surface area contributed by atoms with Crippen molar-refractivity contribution in [3.05, 3.63) is 84.4 Å². The second-order valence-electron chi connectivity index (χ2n) is 5.84. The van der Waals surface area contributed by atoms with Gasteiger partial charge in [-0.25, -0.2) is 8.42 Å². The lowest BCUT2D eigenvalue weighted by atomic mass is 10.2. The van der Waals surface area contributed by atoms with Crippen molar-refractivity contribution < 1.29 is 18.3 Å². The third-order valence-corrected chi connectivity index (χ3v) is 5.76. The van der Waals surface area contributed by atoms with Gasteiger partial charge in [-0.05, 0) is 42.5 Å². The molecule has 1 amide bonds. The van der Waals surface area contributed by atoms with Crippen LogP contribution in [-0.2, 0) is 10.0 Å². The minimum absolute atomic E-state index is 0.0115. The number of phenolic OH excluding ortho intramolecular Hbond substituents is 1. The van der Waals surface area contributed by atoms with Gasteiger partial charge in [0.1, 0.15) is 5.75 Å². The van der Waals surface area contributed by atoms with Crippen molar-refractivity contribution in [2.75, 3.05) is 16.7 Å². The molecule has 27 heavy (non-hydrogen) atoms. The second kappa shape index (κ2) is 7.51. The molecule has 2 N–H and O–H groups in total. The summed E-state index contributed by atoms with van der Waals surface area (Å²) in [6, 6.07) is 20.6. The highest BCUT2D eigenvalue weighted by molar-refractivity contribution is 7.92. The lowest BCUT2D eigenvalue weighted by molar-refractivity contribution is 0.102. The molecule has 0 spiro atoms. The molecule has 0 heterocycles. The Hall–Kier alpha value is -3.32. The number of hydrogen-bond acceptors (Lipinski definition) is 4. The number of benzene rings is 3. The summed E-state index contributed by atoms with van der Waals surface area (Å²) in [7, 11) is -2.35. The third kappa shape index (κ3) is 4.09. The summed E-state index contributed by atoms with van der Waals surface area (Å²) in [4.78, 5) is 12.5. The van der Waals surface area contributed by atoms with Gasteiger partial charge in [0.2, 0.25) is 0 Å². The van der Waals surface area contributed by atoms with Crippen LogP contribution in [-0.4, -0.2) is 26.5 Å². The Balaban J connectivity index is 1.87. The normalized spacial score (nSPS) is 11.0. The standard InChI is InChI=1S/C20H18N2O4S/c1-22(17-9-3-2-4-10-17)27(25,26)19-12-5-7-15(13-19)20(24)21-16-8-6-11-18(23)14-16/h2-14,23H,1H3,(H,21,24). The van der Waals surface area contributed by atoms with Gasteiger partial charge < -0.3 is 10.4 Å². The van der Waals surface area contributed by atoms with Crippen LogP contribution in [0, 0.1) is 0 Å². The van der Waals surface area contributed by atoms with E-state index in [9.17, 15) is 18.3 Å². The van der Waals surface area contributed by atoms with Crippen molar-refractivity contribution in [1.82, 2.24) is 0 Å². The molecule has 3 rings (SSSR count). The Labute approximate surface area is 157 Å². The number of sulfonamides is 1. The van der Waals surface area contributed by atoms with Gasteiger partial charge in [-0.15, -0.1) is 0 Å². The number of amides is 1. The SMILES string of the molecule is CN(c1ccccc1)S(=O)(=O)c1cccc(C(=O)Nc2cccc(O)c2)c1. The quantitative estimate of drug-likeness (QED) is 0.707. The summed E-state index contributed by atoms with van der Waals surface area (Å²) in [5.41, 5.74) is 1.13. The van der Waals surface area contributed by atoms with Crippen molar-refractivity contribution >= 4 is 27.3 Å². The fourth-order valence-corrected chi connectivity index (χ4v) is 3.76. The van der Waals surface area contributed by atoms with Gasteiger partial charge in [0.15, 0.2) is 0 Å². The Morgan fingerprint density at radius 2 is 1.63 bits per heavy atom. The molecule has 6 nitrogen and oxygen atoms in total. The van der Waals surface area contributed by atoms with Crippen molar-refractivity contribution in [3.8, 4) is 5.75 Å². The van der Waals surface area contributed by atoms with Crippen LogP contribution < -0.4 is 9.62 Å². The molecule has 3 aromatic rings. The lowest BCUT2D eigenvalue weighted by Gasteiger charge is -2.19. The van der Waals surface area contributed by atoms with Crippen LogP contribution in [0.3, 0.4) is 0 Å². The molecule has 0 radical (unpaired) electrons. The average molecular weight is 382 g/mol. The Kier molecular flexibility index (Phi) is 5.14. The molecule has 0 saturated carbocycles. The number of nitrogens with zero attached hydrogens (tertiary/aromatic N) is 1. The van der Waals surface area contributed by atoms with Crippen molar-refractivity contribution in [2.45, 2.75) is 4.90 Å². The zero-order valence-electron chi connectivity index (χ0n) is 14.5. The largest absolute Gasteiger partial charge is 0.508 e. The van der Waals surface area contributed by atoms with E-state index in [-0.39, 0.29) is 16.2 Å². The highest BCUT2D eigenvalue weighted by Crippen LogP contribution is 2.23. The van der Waals surface area contributed by atoms with Gasteiger partial charge in [0.05, 0.1) is 10.6 Å². The molecular weight excluding hydrogens is 364 g/mol. The fourth-order valence-electron chi connectivity index (χ4n) is 2.52. The summed E-state index contributed by atoms with van der Waals surface area (Å²) < 4.78 is 26.9. The van der Waals surface area contributed by atoms with Crippen LogP contribution in [0.4, 0.5) is 11.4 Å². The summed E-state index contributed by atoms with van der Waals surface area (Å²) in [6.45, 7) is 0. The molecular formula is C20H18N2O4S. The topological polar surface area (TPSA) is 86.7 Å². The smallest absolute Gasteiger partial charge is 0.264 e. The first kappa shape index (κ1) is 18.5. The number of carbonyl (C=O) groups is 1. The number of para-hydroxylation sites is 1. The number of carbonyl (C=O) groups excluding carboxylic acids is 1. The number of rotatable bonds is 5. The highest BCUT2D eigenvalue weighted by Gasteiger charge is 2.22. The van der Waals surface area contributed by atoms with Gasteiger partial charge in [0.25, 0.3) is 15.9 Å². The monoisotopic (exact) mass is 382 g/mol. The molecule has 7 heteroatoms. The fraction of sp³-hybridized carbons (Fsp3) is 0.0500. The van der Waals surface area contributed by atoms with Gasteiger partial charge in [-0.2, -0.15) is 0 Å². The van der Waals surface area contributed by atoms with Crippen LogP contribution in [0.5, 0.6) is 5.75 Å². The minimum atomic E-state index is -3.81. The molecule has 138 valence electrons. The van der Waals surface area contributed by atoms with E-state index in [0.717, 1.165) is 0 Å². The Morgan fingerprint density at radius 3 is 2.33 bits per heavy atom. The summed E-state index contributed by atoms with van der Waals surface area (Å²) in [5, 5.41) is 12.1. The van der Waals surface area contributed by atoms with Gasteiger partial charge >= 0.3 is 0 Å². The van der Waals surface area contributed by atoms with E-state index in [1.807, 2.05) is 0 Å². The summed E-state index contributed by atoms with van der Waals surface area (Å²) >= 11 is 0. The Bertz CT molecular complexity index is 1070. The van der Waals surface area contributed by atoms with Crippen LogP contribution in [0.1, 0.15) is 10.4 Å². The van der Waals surface area contributed by atoms with Gasteiger partial charge in [0, 0.05) is 24.4 Å². The van der Waals surface area contributed by atoms with E-state index >= 15 is 0 Å². The molecule has 0 aliphatic carbocycles. The molecule has 0 atom stereocenters.